The van der Waals surface area contributed by atoms with Gasteiger partial charge in [-0.25, -0.2) is 4.98 Å². The van der Waals surface area contributed by atoms with Gasteiger partial charge in [-0.2, -0.15) is 4.68 Å². The Morgan fingerprint density at radius 3 is 3.08 bits per heavy atom. The molecular weight excluding hydrogens is 174 g/mol. The second-order valence-electron chi connectivity index (χ2n) is 2.17. The largest absolute Gasteiger partial charge is 0.325 e. The third-order valence-electron chi connectivity index (χ3n) is 1.37. The van der Waals surface area contributed by atoms with Gasteiger partial charge in [-0.05, 0) is 0 Å². The van der Waals surface area contributed by atoms with Crippen LogP contribution >= 0.6 is 11.3 Å². The lowest BCUT2D eigenvalue weighted by atomic mass is 10.5. The Morgan fingerprint density at radius 2 is 2.50 bits per heavy atom. The van der Waals surface area contributed by atoms with E-state index >= 15 is 0 Å². The SMILES string of the molecule is NCc1cn(-c2nccs2)nn1. The first-order chi connectivity index (χ1) is 5.90. The van der Waals surface area contributed by atoms with Gasteiger partial charge in [-0.3, -0.25) is 0 Å². The molecule has 0 saturated heterocycles. The second kappa shape index (κ2) is 3.00. The fourth-order valence-electron chi connectivity index (χ4n) is 0.814. The first kappa shape index (κ1) is 7.38. The Hall–Kier alpha value is -1.27. The zero-order valence-electron chi connectivity index (χ0n) is 6.21. The van der Waals surface area contributed by atoms with Gasteiger partial charge in [0.15, 0.2) is 0 Å². The van der Waals surface area contributed by atoms with Crippen LogP contribution in [0.25, 0.3) is 5.13 Å². The molecule has 0 fully saturated rings. The van der Waals surface area contributed by atoms with Crippen molar-refractivity contribution in [2.75, 3.05) is 0 Å². The average Bonchev–Trinajstić information content (AvgIpc) is 2.75. The standard InChI is InChI=1S/C6H7N5S/c7-3-5-4-11(10-9-5)6-8-1-2-12-6/h1-2,4H,3,7H2. The third kappa shape index (κ3) is 1.21. The highest BCUT2D eigenvalue weighted by atomic mass is 32.1. The predicted octanol–water partition coefficient (Wildman–Crippen LogP) is 0.182. The van der Waals surface area contributed by atoms with Gasteiger partial charge < -0.3 is 5.73 Å². The molecule has 6 heteroatoms. The number of nitrogens with zero attached hydrogens (tertiary/aromatic N) is 4. The summed E-state index contributed by atoms with van der Waals surface area (Å²) in [6, 6.07) is 0. The topological polar surface area (TPSA) is 69.6 Å². The Labute approximate surface area is 72.8 Å². The van der Waals surface area contributed by atoms with E-state index in [2.05, 4.69) is 15.3 Å². The van der Waals surface area contributed by atoms with Crippen molar-refractivity contribution in [1.29, 1.82) is 0 Å². The van der Waals surface area contributed by atoms with Crippen molar-refractivity contribution in [3.05, 3.63) is 23.5 Å². The zero-order chi connectivity index (χ0) is 8.39. The van der Waals surface area contributed by atoms with Crippen molar-refractivity contribution in [1.82, 2.24) is 20.0 Å². The Bertz CT molecular complexity index is 352. The van der Waals surface area contributed by atoms with Crippen molar-refractivity contribution < 1.29 is 0 Å². The summed E-state index contributed by atoms with van der Waals surface area (Å²) in [6.07, 6.45) is 3.50. The molecule has 0 atom stereocenters. The van der Waals surface area contributed by atoms with Crippen LogP contribution in [0.4, 0.5) is 0 Å². The number of hydrogen-bond donors (Lipinski definition) is 1. The first-order valence-corrected chi connectivity index (χ1v) is 4.29. The summed E-state index contributed by atoms with van der Waals surface area (Å²) in [7, 11) is 0. The molecular formula is C6H7N5S. The Morgan fingerprint density at radius 1 is 1.58 bits per heavy atom. The van der Waals surface area contributed by atoms with Gasteiger partial charge in [0.25, 0.3) is 0 Å². The molecule has 2 heterocycles. The van der Waals surface area contributed by atoms with Crippen molar-refractivity contribution in [2.24, 2.45) is 5.73 Å². The quantitative estimate of drug-likeness (QED) is 0.717. The monoisotopic (exact) mass is 181 g/mol. The molecule has 0 aromatic carbocycles. The predicted molar refractivity (Wildman–Crippen MR) is 44.9 cm³/mol. The lowest BCUT2D eigenvalue weighted by molar-refractivity contribution is 0.791. The minimum Gasteiger partial charge on any atom is -0.325 e. The second-order valence-corrected chi connectivity index (χ2v) is 3.05. The number of hydrogen-bond acceptors (Lipinski definition) is 5. The van der Waals surface area contributed by atoms with Crippen molar-refractivity contribution in [3.8, 4) is 5.13 Å². The number of thiazole rings is 1. The van der Waals surface area contributed by atoms with E-state index in [0.717, 1.165) is 10.8 Å². The van der Waals surface area contributed by atoms with Crippen molar-refractivity contribution in [3.63, 3.8) is 0 Å². The van der Waals surface area contributed by atoms with Gasteiger partial charge in [0.05, 0.1) is 11.9 Å². The number of aromatic nitrogens is 4. The third-order valence-corrected chi connectivity index (χ3v) is 2.13. The highest BCUT2D eigenvalue weighted by Gasteiger charge is 2.01. The van der Waals surface area contributed by atoms with Gasteiger partial charge in [-0.15, -0.1) is 16.4 Å². The maximum Gasteiger partial charge on any atom is 0.211 e. The molecule has 0 radical (unpaired) electrons. The van der Waals surface area contributed by atoms with Gasteiger partial charge in [0, 0.05) is 18.1 Å². The smallest absolute Gasteiger partial charge is 0.211 e. The molecule has 0 amide bonds. The van der Waals surface area contributed by atoms with Crippen molar-refractivity contribution in [2.45, 2.75) is 6.54 Å². The fourth-order valence-corrected chi connectivity index (χ4v) is 1.38. The summed E-state index contributed by atoms with van der Waals surface area (Å²) in [5, 5.41) is 10.4. The molecule has 0 aliphatic heterocycles. The molecule has 0 aliphatic carbocycles. The van der Waals surface area contributed by atoms with Crippen molar-refractivity contribution >= 4 is 11.3 Å². The Kier molecular flexibility index (Phi) is 1.84. The summed E-state index contributed by atoms with van der Waals surface area (Å²) in [5.74, 6) is 0. The zero-order valence-corrected chi connectivity index (χ0v) is 7.03. The van der Waals surface area contributed by atoms with Gasteiger partial charge in [0.1, 0.15) is 0 Å². The number of rotatable bonds is 2. The van der Waals surface area contributed by atoms with Crippen LogP contribution in [0.1, 0.15) is 5.69 Å². The lowest BCUT2D eigenvalue weighted by Gasteiger charge is -1.88. The molecule has 5 nitrogen and oxygen atoms in total. The minimum absolute atomic E-state index is 0.408. The molecule has 2 aromatic rings. The van der Waals surface area contributed by atoms with E-state index in [0.29, 0.717) is 6.54 Å². The molecule has 0 unspecified atom stereocenters. The van der Waals surface area contributed by atoms with E-state index in [9.17, 15) is 0 Å². The minimum atomic E-state index is 0.408. The summed E-state index contributed by atoms with van der Waals surface area (Å²) in [5.41, 5.74) is 6.15. The van der Waals surface area contributed by atoms with Crippen LogP contribution in [0.3, 0.4) is 0 Å². The highest BCUT2D eigenvalue weighted by molar-refractivity contribution is 7.12. The molecule has 2 aromatic heterocycles. The highest BCUT2D eigenvalue weighted by Crippen LogP contribution is 2.08. The van der Waals surface area contributed by atoms with Gasteiger partial charge >= 0.3 is 0 Å². The van der Waals surface area contributed by atoms with E-state index in [-0.39, 0.29) is 0 Å². The van der Waals surface area contributed by atoms with E-state index in [1.165, 1.54) is 11.3 Å². The number of nitrogens with two attached hydrogens (primary N) is 1. The molecule has 2 N–H and O–H groups in total. The van der Waals surface area contributed by atoms with E-state index in [1.807, 2.05) is 5.38 Å². The van der Waals surface area contributed by atoms with E-state index < -0.39 is 0 Å². The van der Waals surface area contributed by atoms with Crippen LogP contribution in [0.15, 0.2) is 17.8 Å². The first-order valence-electron chi connectivity index (χ1n) is 3.41. The van der Waals surface area contributed by atoms with Crippen LogP contribution in [-0.2, 0) is 6.54 Å². The maximum atomic E-state index is 5.38. The molecule has 0 spiro atoms. The van der Waals surface area contributed by atoms with Crippen LogP contribution in [0, 0.1) is 0 Å². The van der Waals surface area contributed by atoms with Gasteiger partial charge in [-0.1, -0.05) is 5.21 Å². The normalized spacial score (nSPS) is 10.4. The summed E-state index contributed by atoms with van der Waals surface area (Å²) >= 11 is 1.51. The van der Waals surface area contributed by atoms with Crippen LogP contribution in [0.2, 0.25) is 0 Å². The molecule has 2 rings (SSSR count). The molecule has 62 valence electrons. The Balaban J connectivity index is 2.35. The molecule has 12 heavy (non-hydrogen) atoms. The van der Waals surface area contributed by atoms with Crippen LogP contribution in [-0.4, -0.2) is 20.0 Å². The molecule has 0 aliphatic rings. The van der Waals surface area contributed by atoms with Crippen LogP contribution in [0.5, 0.6) is 0 Å². The summed E-state index contributed by atoms with van der Waals surface area (Å²) in [4.78, 5) is 4.07. The van der Waals surface area contributed by atoms with E-state index in [1.54, 1.807) is 17.1 Å². The fraction of sp³-hybridized carbons (Fsp3) is 0.167. The van der Waals surface area contributed by atoms with Gasteiger partial charge in [0.2, 0.25) is 5.13 Å². The average molecular weight is 181 g/mol. The lowest BCUT2D eigenvalue weighted by Crippen LogP contribution is -1.95. The summed E-state index contributed by atoms with van der Waals surface area (Å²) < 4.78 is 1.62. The summed E-state index contributed by atoms with van der Waals surface area (Å²) in [6.45, 7) is 0.408. The van der Waals surface area contributed by atoms with Crippen LogP contribution < -0.4 is 5.73 Å². The van der Waals surface area contributed by atoms with E-state index in [4.69, 9.17) is 5.73 Å². The maximum absolute atomic E-state index is 5.38. The molecule has 0 saturated carbocycles. The molecule has 0 bridgehead atoms.